The van der Waals surface area contributed by atoms with Crippen molar-refractivity contribution in [1.29, 1.82) is 0 Å². The van der Waals surface area contributed by atoms with Crippen LogP contribution in [0.1, 0.15) is 12.8 Å². The van der Waals surface area contributed by atoms with Crippen molar-refractivity contribution in [2.75, 3.05) is 29.5 Å². The number of carbonyl (C=O) groups is 2. The lowest BCUT2D eigenvalue weighted by molar-refractivity contribution is -0.117. The molecule has 2 aliphatic heterocycles. The quantitative estimate of drug-likeness (QED) is 0.795. The van der Waals surface area contributed by atoms with E-state index in [0.29, 0.717) is 18.1 Å². The number of fused-ring (bicyclic) bond motifs is 1. The van der Waals surface area contributed by atoms with Crippen LogP contribution in [0.2, 0.25) is 0 Å². The Kier molecular flexibility index (Phi) is 5.50. The number of hydrogen-bond acceptors (Lipinski definition) is 4. The summed E-state index contributed by atoms with van der Waals surface area (Å²) in [6.45, 7) is 1.92. The van der Waals surface area contributed by atoms with Gasteiger partial charge in [0.05, 0.1) is 11.4 Å². The van der Waals surface area contributed by atoms with Gasteiger partial charge in [0.1, 0.15) is 0 Å². The topological polar surface area (TPSA) is 70.2 Å². The third-order valence-corrected chi connectivity index (χ3v) is 4.61. The van der Waals surface area contributed by atoms with Crippen molar-refractivity contribution in [1.82, 2.24) is 5.32 Å². The minimum atomic E-state index is 0. The molecule has 2 amide bonds. The van der Waals surface area contributed by atoms with Crippen LogP contribution < -0.4 is 16.0 Å². The highest BCUT2D eigenvalue weighted by molar-refractivity contribution is 8.00. The largest absolute Gasteiger partial charge is 0.326 e. The lowest BCUT2D eigenvalue weighted by Crippen LogP contribution is -2.20. The first kappa shape index (κ1) is 16.1. The van der Waals surface area contributed by atoms with Gasteiger partial charge in [0.15, 0.2) is 0 Å². The molecule has 2 aliphatic rings. The fourth-order valence-corrected chi connectivity index (χ4v) is 3.31. The average molecular weight is 328 g/mol. The van der Waals surface area contributed by atoms with Crippen molar-refractivity contribution in [2.45, 2.75) is 17.7 Å². The van der Waals surface area contributed by atoms with Crippen LogP contribution in [0.3, 0.4) is 0 Å². The number of anilines is 2. The molecule has 1 saturated heterocycles. The van der Waals surface area contributed by atoms with Gasteiger partial charge in [0.2, 0.25) is 11.8 Å². The van der Waals surface area contributed by atoms with Crippen molar-refractivity contribution in [3.8, 4) is 0 Å². The zero-order valence-corrected chi connectivity index (χ0v) is 13.1. The van der Waals surface area contributed by atoms with Crippen LogP contribution >= 0.6 is 24.2 Å². The second-order valence-electron chi connectivity index (χ2n) is 5.16. The van der Waals surface area contributed by atoms with E-state index in [4.69, 9.17) is 0 Å². The Hall–Kier alpha value is -1.24. The van der Waals surface area contributed by atoms with E-state index in [1.54, 1.807) is 0 Å². The normalized spacial score (nSPS) is 20.2. The zero-order valence-electron chi connectivity index (χ0n) is 11.5. The molecule has 0 spiro atoms. The van der Waals surface area contributed by atoms with Crippen molar-refractivity contribution < 1.29 is 9.59 Å². The Balaban J connectivity index is 0.00000161. The van der Waals surface area contributed by atoms with E-state index in [1.165, 1.54) is 11.8 Å². The summed E-state index contributed by atoms with van der Waals surface area (Å²) in [6.07, 6.45) is 1.61. The zero-order chi connectivity index (χ0) is 13.9. The first-order valence-electron chi connectivity index (χ1n) is 6.78. The number of amides is 2. The number of nitrogens with one attached hydrogen (secondary N) is 3. The number of rotatable bonds is 3. The van der Waals surface area contributed by atoms with Crippen LogP contribution in [0.4, 0.5) is 11.4 Å². The second kappa shape index (κ2) is 7.15. The maximum absolute atomic E-state index is 12.0. The first-order valence-corrected chi connectivity index (χ1v) is 7.76. The summed E-state index contributed by atoms with van der Waals surface area (Å²) in [5.74, 6) is 0.923. The highest BCUT2D eigenvalue weighted by Crippen LogP contribution is 2.33. The summed E-state index contributed by atoms with van der Waals surface area (Å²) in [7, 11) is 0. The van der Waals surface area contributed by atoms with E-state index < -0.39 is 0 Å². The van der Waals surface area contributed by atoms with Crippen LogP contribution in [-0.2, 0) is 9.59 Å². The van der Waals surface area contributed by atoms with Gasteiger partial charge in [-0.2, -0.15) is 0 Å². The van der Waals surface area contributed by atoms with Gasteiger partial charge in [-0.3, -0.25) is 9.59 Å². The summed E-state index contributed by atoms with van der Waals surface area (Å²) in [4.78, 5) is 24.4. The first-order chi connectivity index (χ1) is 9.70. The molecule has 0 radical (unpaired) electrons. The summed E-state index contributed by atoms with van der Waals surface area (Å²) in [5.41, 5.74) is 1.52. The van der Waals surface area contributed by atoms with Gasteiger partial charge in [0, 0.05) is 17.0 Å². The third-order valence-electron chi connectivity index (χ3n) is 3.53. The van der Waals surface area contributed by atoms with Gasteiger partial charge >= 0.3 is 0 Å². The van der Waals surface area contributed by atoms with Gasteiger partial charge < -0.3 is 16.0 Å². The molecule has 5 nitrogen and oxygen atoms in total. The van der Waals surface area contributed by atoms with Gasteiger partial charge in [-0.25, -0.2) is 0 Å². The van der Waals surface area contributed by atoms with E-state index in [2.05, 4.69) is 16.0 Å². The SMILES string of the molecule is Cl.O=C(CC1CCNC1)Nc1ccc2c(c1)NC(=O)CS2. The molecule has 21 heavy (non-hydrogen) atoms. The van der Waals surface area contributed by atoms with Gasteiger partial charge in [-0.05, 0) is 43.6 Å². The Morgan fingerprint density at radius 3 is 3.05 bits per heavy atom. The molecule has 3 rings (SSSR count). The van der Waals surface area contributed by atoms with Crippen molar-refractivity contribution in [2.24, 2.45) is 5.92 Å². The molecule has 1 aromatic rings. The predicted octanol–water partition coefficient (Wildman–Crippen LogP) is 2.09. The molecule has 1 unspecified atom stereocenters. The molecular formula is C14H18ClN3O2S. The van der Waals surface area contributed by atoms with Gasteiger partial charge in [-0.1, -0.05) is 0 Å². The Labute approximate surface area is 134 Å². The summed E-state index contributed by atoms with van der Waals surface area (Å²) in [5, 5.41) is 8.99. The molecule has 2 heterocycles. The van der Waals surface area contributed by atoms with E-state index in [0.717, 1.165) is 35.8 Å². The monoisotopic (exact) mass is 327 g/mol. The molecule has 1 aromatic carbocycles. The molecule has 0 saturated carbocycles. The molecular weight excluding hydrogens is 310 g/mol. The summed E-state index contributed by atoms with van der Waals surface area (Å²) in [6, 6.07) is 5.64. The van der Waals surface area contributed by atoms with Gasteiger partial charge in [-0.15, -0.1) is 24.2 Å². The summed E-state index contributed by atoms with van der Waals surface area (Å²) < 4.78 is 0. The number of halogens is 1. The van der Waals surface area contributed by atoms with E-state index >= 15 is 0 Å². The molecule has 0 aliphatic carbocycles. The highest BCUT2D eigenvalue weighted by Gasteiger charge is 2.19. The van der Waals surface area contributed by atoms with Gasteiger partial charge in [0.25, 0.3) is 0 Å². The highest BCUT2D eigenvalue weighted by atomic mass is 35.5. The molecule has 7 heteroatoms. The summed E-state index contributed by atoms with van der Waals surface area (Å²) >= 11 is 1.52. The van der Waals surface area contributed by atoms with Crippen LogP contribution in [0, 0.1) is 5.92 Å². The molecule has 3 N–H and O–H groups in total. The van der Waals surface area contributed by atoms with Crippen molar-refractivity contribution in [3.05, 3.63) is 18.2 Å². The minimum absolute atomic E-state index is 0. The Morgan fingerprint density at radius 2 is 2.29 bits per heavy atom. The maximum Gasteiger partial charge on any atom is 0.234 e. The van der Waals surface area contributed by atoms with E-state index in [1.807, 2.05) is 18.2 Å². The van der Waals surface area contributed by atoms with E-state index in [-0.39, 0.29) is 24.2 Å². The average Bonchev–Trinajstić information content (AvgIpc) is 2.91. The predicted molar refractivity (Wildman–Crippen MR) is 87.3 cm³/mol. The second-order valence-corrected chi connectivity index (χ2v) is 6.18. The standard InChI is InChI=1S/C14H17N3O2S.ClH/c18-13(5-9-3-4-15-7-9)16-10-1-2-12-11(6-10)17-14(19)8-20-12;/h1-2,6,9,15H,3-5,7-8H2,(H,16,18)(H,17,19);1H. The van der Waals surface area contributed by atoms with E-state index in [9.17, 15) is 9.59 Å². The Bertz CT molecular complexity index is 547. The van der Waals surface area contributed by atoms with Crippen LogP contribution in [0.5, 0.6) is 0 Å². The number of hydrogen-bond donors (Lipinski definition) is 3. The number of benzene rings is 1. The third kappa shape index (κ3) is 4.12. The lowest BCUT2D eigenvalue weighted by atomic mass is 10.0. The fourth-order valence-electron chi connectivity index (χ4n) is 2.52. The minimum Gasteiger partial charge on any atom is -0.326 e. The molecule has 114 valence electrons. The fraction of sp³-hybridized carbons (Fsp3) is 0.429. The Morgan fingerprint density at radius 1 is 1.43 bits per heavy atom. The van der Waals surface area contributed by atoms with Crippen LogP contribution in [0.15, 0.2) is 23.1 Å². The van der Waals surface area contributed by atoms with Crippen molar-refractivity contribution in [3.63, 3.8) is 0 Å². The molecule has 0 bridgehead atoms. The van der Waals surface area contributed by atoms with Crippen LogP contribution in [0.25, 0.3) is 0 Å². The maximum atomic E-state index is 12.0. The molecule has 1 atom stereocenters. The molecule has 1 fully saturated rings. The molecule has 0 aromatic heterocycles. The smallest absolute Gasteiger partial charge is 0.234 e. The lowest BCUT2D eigenvalue weighted by Gasteiger charge is -2.17. The number of thioether (sulfide) groups is 1. The van der Waals surface area contributed by atoms with Crippen LogP contribution in [-0.4, -0.2) is 30.7 Å². The number of carbonyl (C=O) groups excluding carboxylic acids is 2. The van der Waals surface area contributed by atoms with Crippen molar-refractivity contribution >= 4 is 47.4 Å².